The van der Waals surface area contributed by atoms with E-state index in [1.165, 1.54) is 0 Å². The Bertz CT molecular complexity index is 1340. The third kappa shape index (κ3) is 5.16. The number of thiophene rings is 1. The van der Waals surface area contributed by atoms with E-state index in [1.54, 1.807) is 60.0 Å². The van der Waals surface area contributed by atoms with Crippen molar-refractivity contribution >= 4 is 44.3 Å². The second-order valence-electron chi connectivity index (χ2n) is 7.47. The fourth-order valence-electron chi connectivity index (χ4n) is 3.44. The van der Waals surface area contributed by atoms with Gasteiger partial charge in [0, 0.05) is 23.1 Å². The fraction of sp³-hybridized carbons (Fsp3) is 0.130. The smallest absolute Gasteiger partial charge is 0.271 e. The largest absolute Gasteiger partial charge is 0.368 e. The van der Waals surface area contributed by atoms with Gasteiger partial charge in [0.1, 0.15) is 16.1 Å². The maximum absolute atomic E-state index is 12.7. The number of carbonyl (C=O) groups excluding carboxylic acids is 1. The number of sulfonamides is 1. The number of nitriles is 1. The summed E-state index contributed by atoms with van der Waals surface area (Å²) in [5.74, 6) is -0.237. The van der Waals surface area contributed by atoms with E-state index in [-0.39, 0.29) is 15.8 Å². The number of para-hydroxylation sites is 1. The third-order valence-electron chi connectivity index (χ3n) is 4.91. The highest BCUT2D eigenvalue weighted by atomic mass is 32.2. The monoisotopic (exact) mass is 479 g/mol. The number of fused-ring (bicyclic) bond motifs is 1. The van der Waals surface area contributed by atoms with E-state index in [9.17, 15) is 18.5 Å². The zero-order valence-electron chi connectivity index (χ0n) is 17.6. The molecule has 1 aromatic heterocycles. The quantitative estimate of drug-likeness (QED) is 0.325. The number of rotatable bonds is 5. The molecule has 1 unspecified atom stereocenters. The van der Waals surface area contributed by atoms with Crippen LogP contribution in [0.3, 0.4) is 0 Å². The molecule has 8 nitrogen and oxygen atoms in total. The lowest BCUT2D eigenvalue weighted by molar-refractivity contribution is -0.112. The molecule has 0 fully saturated rings. The van der Waals surface area contributed by atoms with Crippen molar-refractivity contribution in [2.45, 2.75) is 23.6 Å². The molecule has 0 bridgehead atoms. The molecule has 1 atom stereocenters. The van der Waals surface area contributed by atoms with Crippen LogP contribution in [0.25, 0.3) is 0 Å². The van der Waals surface area contributed by atoms with Gasteiger partial charge in [0.05, 0.1) is 0 Å². The standard InChI is InChI=1S/C23H21N5O3S2/c1-15-12-16-13-18(28-33(30,31)21-8-5-11-32-21)9-10-20(16)27-22(25-15)19(14-24)23(29)26-17-6-3-2-4-7-17/h2-11,13,15,25,27-28H,12H2,1H3,(H,26,29)/b22-19+. The fourth-order valence-corrected chi connectivity index (χ4v) is 5.48. The molecule has 1 amide bonds. The lowest BCUT2D eigenvalue weighted by Crippen LogP contribution is -2.31. The molecule has 2 heterocycles. The summed E-state index contributed by atoms with van der Waals surface area (Å²) in [6.07, 6.45) is 0.555. The second-order valence-corrected chi connectivity index (χ2v) is 10.3. The van der Waals surface area contributed by atoms with Crippen molar-refractivity contribution in [3.8, 4) is 6.07 Å². The first-order valence-corrected chi connectivity index (χ1v) is 12.5. The summed E-state index contributed by atoms with van der Waals surface area (Å²) in [4.78, 5) is 12.7. The van der Waals surface area contributed by atoms with Crippen LogP contribution in [0.5, 0.6) is 0 Å². The molecule has 1 aliphatic rings. The van der Waals surface area contributed by atoms with Crippen molar-refractivity contribution in [2.24, 2.45) is 0 Å². The first kappa shape index (κ1) is 22.4. The lowest BCUT2D eigenvalue weighted by atomic mass is 10.1. The second kappa shape index (κ2) is 9.36. The molecule has 0 saturated carbocycles. The Morgan fingerprint density at radius 2 is 1.91 bits per heavy atom. The van der Waals surface area contributed by atoms with Crippen LogP contribution in [-0.4, -0.2) is 20.4 Å². The molecular formula is C23H21N5O3S2. The van der Waals surface area contributed by atoms with Crippen LogP contribution in [0.4, 0.5) is 17.1 Å². The summed E-state index contributed by atoms with van der Waals surface area (Å²) < 4.78 is 27.9. The predicted molar refractivity (Wildman–Crippen MR) is 129 cm³/mol. The molecular weight excluding hydrogens is 458 g/mol. The van der Waals surface area contributed by atoms with Gasteiger partial charge in [0.25, 0.3) is 15.9 Å². The molecule has 33 heavy (non-hydrogen) atoms. The van der Waals surface area contributed by atoms with Crippen LogP contribution in [0.2, 0.25) is 0 Å². The molecule has 10 heteroatoms. The van der Waals surface area contributed by atoms with Gasteiger partial charge in [-0.2, -0.15) is 5.26 Å². The summed E-state index contributed by atoms with van der Waals surface area (Å²) in [5, 5.41) is 20.4. The van der Waals surface area contributed by atoms with Gasteiger partial charge in [-0.3, -0.25) is 9.52 Å². The Kier molecular flexibility index (Phi) is 6.35. The number of hydrogen-bond acceptors (Lipinski definition) is 7. The Morgan fingerprint density at radius 3 is 2.61 bits per heavy atom. The van der Waals surface area contributed by atoms with Gasteiger partial charge in [-0.05, 0) is 60.7 Å². The van der Waals surface area contributed by atoms with Crippen LogP contribution in [0.15, 0.2) is 81.6 Å². The van der Waals surface area contributed by atoms with Crippen LogP contribution in [0, 0.1) is 11.3 Å². The van der Waals surface area contributed by atoms with E-state index >= 15 is 0 Å². The van der Waals surface area contributed by atoms with Gasteiger partial charge in [-0.15, -0.1) is 11.3 Å². The predicted octanol–water partition coefficient (Wildman–Crippen LogP) is 3.87. The summed E-state index contributed by atoms with van der Waals surface area (Å²) in [6, 6.07) is 19.1. The summed E-state index contributed by atoms with van der Waals surface area (Å²) in [5.41, 5.74) is 2.46. The number of amides is 1. The van der Waals surface area contributed by atoms with E-state index in [1.807, 2.05) is 19.1 Å². The number of benzene rings is 2. The van der Waals surface area contributed by atoms with E-state index in [0.717, 1.165) is 16.9 Å². The molecule has 4 rings (SSSR count). The zero-order valence-corrected chi connectivity index (χ0v) is 19.3. The maximum atomic E-state index is 12.7. The van der Waals surface area contributed by atoms with Crippen molar-refractivity contribution in [3.63, 3.8) is 0 Å². The highest BCUT2D eigenvalue weighted by molar-refractivity contribution is 7.94. The van der Waals surface area contributed by atoms with Crippen molar-refractivity contribution in [2.75, 3.05) is 15.4 Å². The molecule has 0 radical (unpaired) electrons. The molecule has 4 N–H and O–H groups in total. The van der Waals surface area contributed by atoms with E-state index < -0.39 is 15.9 Å². The third-order valence-corrected chi connectivity index (χ3v) is 7.69. The van der Waals surface area contributed by atoms with E-state index in [0.29, 0.717) is 29.3 Å². The van der Waals surface area contributed by atoms with Crippen LogP contribution >= 0.6 is 11.3 Å². The van der Waals surface area contributed by atoms with Gasteiger partial charge >= 0.3 is 0 Å². The SMILES string of the molecule is CC1Cc2cc(NS(=O)(=O)c3cccs3)ccc2N/C(=C(\C#N)C(=O)Nc2ccccc2)N1. The number of hydrogen-bond donors (Lipinski definition) is 4. The van der Waals surface area contributed by atoms with E-state index in [2.05, 4.69) is 20.7 Å². The molecule has 0 saturated heterocycles. The Hall–Kier alpha value is -3.81. The normalized spacial score (nSPS) is 16.8. The molecule has 168 valence electrons. The summed E-state index contributed by atoms with van der Waals surface area (Å²) >= 11 is 1.14. The van der Waals surface area contributed by atoms with Crippen molar-refractivity contribution in [1.29, 1.82) is 5.26 Å². The van der Waals surface area contributed by atoms with Crippen LogP contribution < -0.4 is 20.7 Å². The average Bonchev–Trinajstić information content (AvgIpc) is 3.27. The van der Waals surface area contributed by atoms with Gasteiger partial charge in [0.15, 0.2) is 5.57 Å². The van der Waals surface area contributed by atoms with Gasteiger partial charge in [0.2, 0.25) is 0 Å². The number of nitrogens with zero attached hydrogens (tertiary/aromatic N) is 1. The maximum Gasteiger partial charge on any atom is 0.271 e. The number of nitrogens with one attached hydrogen (secondary N) is 4. The number of carbonyl (C=O) groups is 1. The highest BCUT2D eigenvalue weighted by Crippen LogP contribution is 2.28. The molecule has 3 aromatic rings. The van der Waals surface area contributed by atoms with Gasteiger partial charge in [-0.25, -0.2) is 8.42 Å². The first-order chi connectivity index (χ1) is 15.9. The lowest BCUT2D eigenvalue weighted by Gasteiger charge is -2.16. The van der Waals surface area contributed by atoms with Crippen LogP contribution in [0.1, 0.15) is 12.5 Å². The molecule has 0 spiro atoms. The summed E-state index contributed by atoms with van der Waals surface area (Å²) in [6.45, 7) is 1.92. The number of anilines is 3. The van der Waals surface area contributed by atoms with E-state index in [4.69, 9.17) is 0 Å². The first-order valence-electron chi connectivity index (χ1n) is 10.1. The highest BCUT2D eigenvalue weighted by Gasteiger charge is 2.23. The average molecular weight is 480 g/mol. The summed E-state index contributed by atoms with van der Waals surface area (Å²) in [7, 11) is -3.66. The Morgan fingerprint density at radius 1 is 1.12 bits per heavy atom. The Labute approximate surface area is 196 Å². The minimum absolute atomic E-state index is 0.0824. The Balaban J connectivity index is 1.61. The van der Waals surface area contributed by atoms with Crippen LogP contribution in [-0.2, 0) is 21.2 Å². The van der Waals surface area contributed by atoms with Crippen molar-refractivity contribution < 1.29 is 13.2 Å². The minimum atomic E-state index is -3.66. The van der Waals surface area contributed by atoms with Gasteiger partial charge < -0.3 is 16.0 Å². The molecule has 2 aromatic carbocycles. The minimum Gasteiger partial charge on any atom is -0.368 e. The topological polar surface area (TPSA) is 123 Å². The molecule has 0 aliphatic carbocycles. The van der Waals surface area contributed by atoms with Crippen molar-refractivity contribution in [1.82, 2.24) is 5.32 Å². The van der Waals surface area contributed by atoms with Gasteiger partial charge in [-0.1, -0.05) is 24.3 Å². The molecule has 1 aliphatic heterocycles. The van der Waals surface area contributed by atoms with Crippen molar-refractivity contribution in [3.05, 3.63) is 83.0 Å². The zero-order chi connectivity index (χ0) is 23.4.